The van der Waals surface area contributed by atoms with Gasteiger partial charge < -0.3 is 10.4 Å². The summed E-state index contributed by atoms with van der Waals surface area (Å²) in [5.41, 5.74) is 1.35. The predicted molar refractivity (Wildman–Crippen MR) is 153 cm³/mol. The molecule has 0 aliphatic heterocycles. The monoisotopic (exact) mass is 489 g/mol. The largest absolute Gasteiger partial charge is 0.478 e. The molecule has 1 rings (SSSR count). The van der Waals surface area contributed by atoms with E-state index in [1.807, 2.05) is 12.1 Å². The maximum Gasteiger partial charge on any atom is 0.335 e. The third-order valence-electron chi connectivity index (χ3n) is 7.66. The Hall–Kier alpha value is -1.29. The summed E-state index contributed by atoms with van der Waals surface area (Å²) in [6, 6.07) is 11.6. The minimum Gasteiger partial charge on any atom is -0.478 e. The van der Waals surface area contributed by atoms with Crippen molar-refractivity contribution in [3.05, 3.63) is 29.8 Å². The Balaban J connectivity index is 1.86. The summed E-state index contributed by atoms with van der Waals surface area (Å²) in [7, 11) is -0.923. The van der Waals surface area contributed by atoms with Gasteiger partial charge in [-0.15, -0.1) is 0 Å². The highest BCUT2D eigenvalue weighted by atomic mass is 28.3. The van der Waals surface area contributed by atoms with Crippen LogP contribution in [-0.4, -0.2) is 25.7 Å². The smallest absolute Gasteiger partial charge is 0.335 e. The molecule has 0 bridgehead atoms. The van der Waals surface area contributed by atoms with Gasteiger partial charge in [0.15, 0.2) is 0 Å². The van der Waals surface area contributed by atoms with Crippen LogP contribution in [0.15, 0.2) is 24.3 Å². The molecule has 0 aliphatic carbocycles. The van der Waals surface area contributed by atoms with Gasteiger partial charge in [-0.2, -0.15) is 0 Å². The van der Waals surface area contributed by atoms with Gasteiger partial charge in [0, 0.05) is 12.2 Å². The summed E-state index contributed by atoms with van der Waals surface area (Å²) in [6.07, 6.45) is 22.4. The van der Waals surface area contributed by atoms with Crippen molar-refractivity contribution in [1.29, 1.82) is 0 Å². The summed E-state index contributed by atoms with van der Waals surface area (Å²) in [5, 5.41) is 12.3. The summed E-state index contributed by atoms with van der Waals surface area (Å²) in [5.74, 6) is -0.869. The van der Waals surface area contributed by atoms with E-state index in [1.54, 1.807) is 24.2 Å². The number of rotatable bonds is 23. The van der Waals surface area contributed by atoms with Crippen molar-refractivity contribution in [3.63, 3.8) is 0 Å². The zero-order chi connectivity index (χ0) is 24.9. The first-order valence-electron chi connectivity index (χ1n) is 14.6. The number of unbranched alkanes of at least 4 members (excludes halogenated alkanes) is 14. The highest BCUT2D eigenvalue weighted by Crippen LogP contribution is 2.27. The van der Waals surface area contributed by atoms with Gasteiger partial charge in [0.1, 0.15) is 0 Å². The van der Waals surface area contributed by atoms with E-state index in [0.29, 0.717) is 5.56 Å². The van der Waals surface area contributed by atoms with Gasteiger partial charge in [-0.05, 0) is 30.7 Å². The van der Waals surface area contributed by atoms with E-state index < -0.39 is 14.0 Å². The van der Waals surface area contributed by atoms with Crippen LogP contribution in [0.4, 0.5) is 5.69 Å². The van der Waals surface area contributed by atoms with Gasteiger partial charge in [0.2, 0.25) is 0 Å². The third kappa shape index (κ3) is 15.6. The third-order valence-corrected chi connectivity index (χ3v) is 12.5. The molecule has 1 aromatic carbocycles. The van der Waals surface area contributed by atoms with Crippen molar-refractivity contribution in [2.24, 2.45) is 0 Å². The molecule has 0 heterocycles. The molecule has 1 aromatic rings. The molecule has 2 N–H and O–H groups in total. The van der Waals surface area contributed by atoms with Crippen molar-refractivity contribution in [3.8, 4) is 0 Å². The highest BCUT2D eigenvalue weighted by Gasteiger charge is 2.23. The first kappa shape index (κ1) is 30.7. The predicted octanol–water partition coefficient (Wildman–Crippen LogP) is 10.2. The van der Waals surface area contributed by atoms with Crippen LogP contribution in [0, 0.1) is 0 Å². The lowest BCUT2D eigenvalue weighted by Crippen LogP contribution is -2.28. The number of aromatic carboxylic acids is 1. The van der Waals surface area contributed by atoms with Gasteiger partial charge in [0.25, 0.3) is 0 Å². The van der Waals surface area contributed by atoms with Gasteiger partial charge in [-0.1, -0.05) is 135 Å². The van der Waals surface area contributed by atoms with E-state index in [0.717, 1.165) is 12.2 Å². The number of nitrogens with one attached hydrogen (secondary N) is 1. The number of carboxylic acid groups (broad SMARTS) is 1. The average Bonchev–Trinajstić information content (AvgIpc) is 2.84. The quantitative estimate of drug-likeness (QED) is 0.119. The molecule has 1 atom stereocenters. The summed E-state index contributed by atoms with van der Waals surface area (Å²) in [6.45, 7) is 8.39. The topological polar surface area (TPSA) is 49.3 Å². The molecule has 196 valence electrons. The fourth-order valence-corrected chi connectivity index (χ4v) is 8.03. The van der Waals surface area contributed by atoms with Gasteiger partial charge in [-0.3, -0.25) is 0 Å². The van der Waals surface area contributed by atoms with Crippen LogP contribution in [0.1, 0.15) is 127 Å². The fourth-order valence-electron chi connectivity index (χ4n) is 4.87. The van der Waals surface area contributed by atoms with Crippen LogP contribution in [0.2, 0.25) is 24.7 Å². The van der Waals surface area contributed by atoms with E-state index in [4.69, 9.17) is 5.11 Å². The number of carboxylic acids is 1. The number of hydrogen-bond acceptors (Lipinski definition) is 2. The zero-order valence-electron chi connectivity index (χ0n) is 22.8. The second-order valence-corrected chi connectivity index (χ2v) is 16.1. The van der Waals surface area contributed by atoms with E-state index in [9.17, 15) is 4.79 Å². The number of benzene rings is 1. The molecule has 3 nitrogen and oxygen atoms in total. The number of anilines is 1. The maximum atomic E-state index is 10.9. The van der Waals surface area contributed by atoms with E-state index in [1.165, 1.54) is 109 Å². The maximum absolute atomic E-state index is 10.9. The van der Waals surface area contributed by atoms with Crippen molar-refractivity contribution in [2.75, 3.05) is 11.9 Å². The van der Waals surface area contributed by atoms with Crippen LogP contribution < -0.4 is 5.32 Å². The Morgan fingerprint density at radius 3 is 1.59 bits per heavy atom. The number of hydrogen-bond donors (Lipinski definition) is 2. The summed E-state index contributed by atoms with van der Waals surface area (Å²) >= 11 is 0. The van der Waals surface area contributed by atoms with Crippen molar-refractivity contribution < 1.29 is 9.90 Å². The Morgan fingerprint density at radius 1 is 0.706 bits per heavy atom. The zero-order valence-corrected chi connectivity index (χ0v) is 23.8. The molecule has 0 aliphatic rings. The molecule has 0 aromatic heterocycles. The Bertz CT molecular complexity index is 619. The molecule has 0 fully saturated rings. The second-order valence-electron chi connectivity index (χ2n) is 10.8. The van der Waals surface area contributed by atoms with Gasteiger partial charge >= 0.3 is 5.97 Å². The van der Waals surface area contributed by atoms with Gasteiger partial charge in [-0.25, -0.2) is 4.79 Å². The Morgan fingerprint density at radius 2 is 1.15 bits per heavy atom. The second kappa shape index (κ2) is 20.0. The molecule has 0 radical (unpaired) electrons. The lowest BCUT2D eigenvalue weighted by atomic mass is 10.1. The van der Waals surface area contributed by atoms with Gasteiger partial charge in [0.05, 0.1) is 13.6 Å². The van der Waals surface area contributed by atoms with Crippen LogP contribution in [-0.2, 0) is 0 Å². The minimum atomic E-state index is -0.923. The van der Waals surface area contributed by atoms with E-state index in [-0.39, 0.29) is 0 Å². The first-order chi connectivity index (χ1) is 16.5. The normalized spacial score (nSPS) is 13.0. The Kier molecular flexibility index (Phi) is 18.0. The van der Waals surface area contributed by atoms with Crippen LogP contribution in [0.5, 0.6) is 0 Å². The SMILES string of the molecule is CCCCCC[Si](C)(CC)CCCCCCCCCCCCCCNc1ccc(C(=O)O)cc1. The number of carbonyl (C=O) groups is 1. The molecule has 1 unspecified atom stereocenters. The molecule has 0 amide bonds. The fraction of sp³-hybridized carbons (Fsp3) is 0.767. The molecule has 0 spiro atoms. The Labute approximate surface area is 212 Å². The van der Waals surface area contributed by atoms with Crippen LogP contribution in [0.3, 0.4) is 0 Å². The van der Waals surface area contributed by atoms with Crippen molar-refractivity contribution in [1.82, 2.24) is 0 Å². The first-order valence-corrected chi connectivity index (χ1v) is 17.7. The lowest BCUT2D eigenvalue weighted by Gasteiger charge is -2.26. The molecular weight excluding hydrogens is 434 g/mol. The standard InChI is InChI=1S/C30H55NO2Si/c1-4-6-7-19-26-34(3,5-2)27-20-17-15-13-11-9-8-10-12-14-16-18-25-31-29-23-21-28(22-24-29)30(32)33/h21-24,31H,4-20,25-27H2,1-3H3,(H,32,33). The van der Waals surface area contributed by atoms with Crippen LogP contribution in [0.25, 0.3) is 0 Å². The summed E-state index contributed by atoms with van der Waals surface area (Å²) in [4.78, 5) is 10.9. The lowest BCUT2D eigenvalue weighted by molar-refractivity contribution is 0.0697. The van der Waals surface area contributed by atoms with Crippen molar-refractivity contribution in [2.45, 2.75) is 141 Å². The molecule has 4 heteroatoms. The molecule has 0 saturated heterocycles. The summed E-state index contributed by atoms with van der Waals surface area (Å²) < 4.78 is 0. The van der Waals surface area contributed by atoms with Crippen molar-refractivity contribution >= 4 is 19.7 Å². The molecule has 34 heavy (non-hydrogen) atoms. The van der Waals surface area contributed by atoms with E-state index in [2.05, 4.69) is 25.7 Å². The van der Waals surface area contributed by atoms with E-state index >= 15 is 0 Å². The average molecular weight is 490 g/mol. The molecule has 0 saturated carbocycles. The highest BCUT2D eigenvalue weighted by molar-refractivity contribution is 6.78. The minimum absolute atomic E-state index is 0.343. The van der Waals surface area contributed by atoms with Crippen LogP contribution >= 0.6 is 0 Å². The molecular formula is C30H55NO2Si.